The molecular weight excluding hydrogens is 188 g/mol. The Hall–Kier alpha value is -0.970. The Kier molecular flexibility index (Phi) is 4.39. The Bertz CT molecular complexity index is 249. The van der Waals surface area contributed by atoms with Gasteiger partial charge in [-0.05, 0) is 6.42 Å². The number of rotatable bonds is 5. The summed E-state index contributed by atoms with van der Waals surface area (Å²) in [6.45, 7) is 2.46. The molecule has 1 rings (SSSR count). The number of hydrogen-bond acceptors (Lipinski definition) is 4. The standard InChI is InChI=1S/C8H12N2O2S/c1-2-5-12-7(11)6-13-8-9-3-4-10-8/h3-4H,2,5-6H2,1H3,(H,9,10). The van der Waals surface area contributed by atoms with Crippen LogP contribution in [0.15, 0.2) is 17.6 Å². The SMILES string of the molecule is CCCOC(=O)CSc1ncc[nH]1. The molecule has 1 aromatic rings. The van der Waals surface area contributed by atoms with Crippen LogP contribution in [0.5, 0.6) is 0 Å². The fourth-order valence-corrected chi connectivity index (χ4v) is 1.34. The molecule has 0 aromatic carbocycles. The number of carbonyl (C=O) groups is 1. The van der Waals surface area contributed by atoms with Gasteiger partial charge in [-0.1, -0.05) is 18.7 Å². The summed E-state index contributed by atoms with van der Waals surface area (Å²) >= 11 is 1.34. The number of H-pyrrole nitrogens is 1. The molecule has 0 spiro atoms. The minimum atomic E-state index is -0.191. The highest BCUT2D eigenvalue weighted by Crippen LogP contribution is 2.11. The van der Waals surface area contributed by atoms with Crippen LogP contribution in [0.4, 0.5) is 0 Å². The van der Waals surface area contributed by atoms with Crippen molar-refractivity contribution in [1.82, 2.24) is 9.97 Å². The Morgan fingerprint density at radius 3 is 3.23 bits per heavy atom. The van der Waals surface area contributed by atoms with E-state index in [1.165, 1.54) is 11.8 Å². The lowest BCUT2D eigenvalue weighted by molar-refractivity contribution is -0.140. The van der Waals surface area contributed by atoms with E-state index in [0.717, 1.165) is 11.6 Å². The van der Waals surface area contributed by atoms with Gasteiger partial charge in [0.2, 0.25) is 0 Å². The van der Waals surface area contributed by atoms with Crippen LogP contribution in [0.1, 0.15) is 13.3 Å². The van der Waals surface area contributed by atoms with Gasteiger partial charge in [0.15, 0.2) is 5.16 Å². The zero-order valence-electron chi connectivity index (χ0n) is 7.45. The van der Waals surface area contributed by atoms with E-state index in [0.29, 0.717) is 12.4 Å². The summed E-state index contributed by atoms with van der Waals surface area (Å²) in [5, 5.41) is 0.744. The van der Waals surface area contributed by atoms with Gasteiger partial charge in [0, 0.05) is 12.4 Å². The van der Waals surface area contributed by atoms with E-state index in [4.69, 9.17) is 4.74 Å². The van der Waals surface area contributed by atoms with E-state index >= 15 is 0 Å². The van der Waals surface area contributed by atoms with Crippen molar-refractivity contribution >= 4 is 17.7 Å². The number of nitrogens with zero attached hydrogens (tertiary/aromatic N) is 1. The van der Waals surface area contributed by atoms with Crippen molar-refractivity contribution in [2.45, 2.75) is 18.5 Å². The molecule has 1 heterocycles. The van der Waals surface area contributed by atoms with Gasteiger partial charge in [-0.25, -0.2) is 4.98 Å². The van der Waals surface area contributed by atoms with Gasteiger partial charge in [-0.3, -0.25) is 4.79 Å². The first-order chi connectivity index (χ1) is 6.33. The normalized spacial score (nSPS) is 9.92. The lowest BCUT2D eigenvalue weighted by atomic mass is 10.5. The minimum Gasteiger partial charge on any atom is -0.465 e. The fraction of sp³-hybridized carbons (Fsp3) is 0.500. The number of aromatic amines is 1. The molecule has 72 valence electrons. The van der Waals surface area contributed by atoms with Gasteiger partial charge in [0.05, 0.1) is 12.4 Å². The number of imidazole rings is 1. The Morgan fingerprint density at radius 2 is 2.62 bits per heavy atom. The molecule has 0 atom stereocenters. The summed E-state index contributed by atoms with van der Waals surface area (Å²) in [6, 6.07) is 0. The molecule has 0 bridgehead atoms. The molecule has 13 heavy (non-hydrogen) atoms. The third-order valence-electron chi connectivity index (χ3n) is 1.27. The largest absolute Gasteiger partial charge is 0.465 e. The zero-order valence-corrected chi connectivity index (χ0v) is 8.26. The third kappa shape index (κ3) is 3.98. The molecule has 5 heteroatoms. The number of hydrogen-bond donors (Lipinski definition) is 1. The average Bonchev–Trinajstić information content (AvgIpc) is 2.64. The van der Waals surface area contributed by atoms with Crippen LogP contribution in [0, 0.1) is 0 Å². The molecule has 1 N–H and O–H groups in total. The van der Waals surface area contributed by atoms with Crippen molar-refractivity contribution in [3.05, 3.63) is 12.4 Å². The van der Waals surface area contributed by atoms with Gasteiger partial charge in [0.25, 0.3) is 0 Å². The van der Waals surface area contributed by atoms with Gasteiger partial charge in [-0.15, -0.1) is 0 Å². The van der Waals surface area contributed by atoms with Crippen molar-refractivity contribution in [2.24, 2.45) is 0 Å². The molecule has 1 aromatic heterocycles. The van der Waals surface area contributed by atoms with E-state index < -0.39 is 0 Å². The maximum absolute atomic E-state index is 11.0. The number of ether oxygens (including phenoxy) is 1. The molecule has 0 saturated heterocycles. The molecule has 0 unspecified atom stereocenters. The van der Waals surface area contributed by atoms with Gasteiger partial charge < -0.3 is 9.72 Å². The molecular formula is C8H12N2O2S. The van der Waals surface area contributed by atoms with Crippen LogP contribution in [0.25, 0.3) is 0 Å². The van der Waals surface area contributed by atoms with Crippen molar-refractivity contribution in [2.75, 3.05) is 12.4 Å². The monoisotopic (exact) mass is 200 g/mol. The summed E-state index contributed by atoms with van der Waals surface area (Å²) in [4.78, 5) is 17.9. The molecule has 0 amide bonds. The Balaban J connectivity index is 2.15. The van der Waals surface area contributed by atoms with Gasteiger partial charge in [0.1, 0.15) is 0 Å². The quantitative estimate of drug-likeness (QED) is 0.577. The average molecular weight is 200 g/mol. The molecule has 0 aliphatic rings. The summed E-state index contributed by atoms with van der Waals surface area (Å²) in [5.41, 5.74) is 0. The van der Waals surface area contributed by atoms with Crippen molar-refractivity contribution < 1.29 is 9.53 Å². The Morgan fingerprint density at radius 1 is 1.77 bits per heavy atom. The maximum Gasteiger partial charge on any atom is 0.316 e. The third-order valence-corrected chi connectivity index (χ3v) is 2.14. The minimum absolute atomic E-state index is 0.191. The second-order valence-corrected chi connectivity index (χ2v) is 3.37. The van der Waals surface area contributed by atoms with Gasteiger partial charge >= 0.3 is 5.97 Å². The smallest absolute Gasteiger partial charge is 0.316 e. The summed E-state index contributed by atoms with van der Waals surface area (Å²) < 4.78 is 4.89. The maximum atomic E-state index is 11.0. The van der Waals surface area contributed by atoms with E-state index in [2.05, 4.69) is 9.97 Å². The van der Waals surface area contributed by atoms with E-state index in [9.17, 15) is 4.79 Å². The topological polar surface area (TPSA) is 55.0 Å². The molecule has 0 saturated carbocycles. The fourth-order valence-electron chi connectivity index (χ4n) is 0.715. The summed E-state index contributed by atoms with van der Waals surface area (Å²) in [5.74, 6) is 0.122. The highest BCUT2D eigenvalue weighted by molar-refractivity contribution is 7.99. The number of carbonyl (C=O) groups excluding carboxylic acids is 1. The second kappa shape index (κ2) is 5.64. The first-order valence-corrected chi connectivity index (χ1v) is 5.09. The van der Waals surface area contributed by atoms with Crippen LogP contribution < -0.4 is 0 Å². The predicted molar refractivity (Wildman–Crippen MR) is 50.6 cm³/mol. The molecule has 0 fully saturated rings. The summed E-state index contributed by atoms with van der Waals surface area (Å²) in [6.07, 6.45) is 4.23. The number of nitrogens with one attached hydrogen (secondary N) is 1. The first kappa shape index (κ1) is 10.1. The number of aromatic nitrogens is 2. The number of esters is 1. The van der Waals surface area contributed by atoms with Crippen LogP contribution in [-0.2, 0) is 9.53 Å². The van der Waals surface area contributed by atoms with Crippen molar-refractivity contribution in [3.63, 3.8) is 0 Å². The van der Waals surface area contributed by atoms with Crippen LogP contribution >= 0.6 is 11.8 Å². The zero-order chi connectivity index (χ0) is 9.52. The highest BCUT2D eigenvalue weighted by Gasteiger charge is 2.04. The lowest BCUT2D eigenvalue weighted by Crippen LogP contribution is -2.07. The Labute approximate surface area is 81.1 Å². The van der Waals surface area contributed by atoms with E-state index in [1.54, 1.807) is 12.4 Å². The second-order valence-electron chi connectivity index (χ2n) is 2.40. The number of thioether (sulfide) groups is 1. The molecule has 0 aliphatic heterocycles. The van der Waals surface area contributed by atoms with Gasteiger partial charge in [-0.2, -0.15) is 0 Å². The van der Waals surface area contributed by atoms with Crippen LogP contribution in [0.3, 0.4) is 0 Å². The summed E-state index contributed by atoms with van der Waals surface area (Å²) in [7, 11) is 0. The van der Waals surface area contributed by atoms with E-state index in [-0.39, 0.29) is 5.97 Å². The molecule has 4 nitrogen and oxygen atoms in total. The molecule has 0 radical (unpaired) electrons. The molecule has 0 aliphatic carbocycles. The lowest BCUT2D eigenvalue weighted by Gasteiger charge is -2.00. The first-order valence-electron chi connectivity index (χ1n) is 4.10. The highest BCUT2D eigenvalue weighted by atomic mass is 32.2. The van der Waals surface area contributed by atoms with Crippen molar-refractivity contribution in [1.29, 1.82) is 0 Å². The van der Waals surface area contributed by atoms with Crippen LogP contribution in [0.2, 0.25) is 0 Å². The van der Waals surface area contributed by atoms with E-state index in [1.807, 2.05) is 6.92 Å². The van der Waals surface area contributed by atoms with Crippen LogP contribution in [-0.4, -0.2) is 28.3 Å². The predicted octanol–water partition coefficient (Wildman–Crippen LogP) is 1.45. The van der Waals surface area contributed by atoms with Crippen molar-refractivity contribution in [3.8, 4) is 0 Å².